The van der Waals surface area contributed by atoms with Crippen molar-refractivity contribution in [1.29, 1.82) is 0 Å². The Morgan fingerprint density at radius 2 is 1.62 bits per heavy atom. The lowest BCUT2D eigenvalue weighted by atomic mass is 10.1. The quantitative estimate of drug-likeness (QED) is 0.565. The first kappa shape index (κ1) is 18.0. The van der Waals surface area contributed by atoms with E-state index in [2.05, 4.69) is 5.32 Å². The van der Waals surface area contributed by atoms with Gasteiger partial charge >= 0.3 is 0 Å². The molecule has 0 aliphatic heterocycles. The minimum Gasteiger partial charge on any atom is -0.508 e. The molecule has 24 heavy (non-hydrogen) atoms. The van der Waals surface area contributed by atoms with E-state index in [1.54, 1.807) is 36.4 Å². The predicted octanol–water partition coefficient (Wildman–Crippen LogP) is 3.76. The Morgan fingerprint density at radius 3 is 2.29 bits per heavy atom. The third-order valence-corrected chi connectivity index (χ3v) is 3.90. The van der Waals surface area contributed by atoms with Crippen LogP contribution in [0.5, 0.6) is 5.75 Å². The second kappa shape index (κ2) is 9.08. The van der Waals surface area contributed by atoms with Crippen molar-refractivity contribution in [3.63, 3.8) is 0 Å². The molecule has 0 aliphatic carbocycles. The molecule has 0 heterocycles. The number of ketones is 1. The maximum absolute atomic E-state index is 12.0. The Labute approximate surface area is 146 Å². The molecular formula is C19H20ClNO3. The highest BCUT2D eigenvalue weighted by molar-refractivity contribution is 6.30. The minimum absolute atomic E-state index is 0.0640. The third kappa shape index (κ3) is 6.05. The van der Waals surface area contributed by atoms with Crippen LogP contribution in [0.25, 0.3) is 0 Å². The molecule has 5 heteroatoms. The number of aryl methyl sites for hydroxylation is 1. The number of phenols is 1. The maximum Gasteiger partial charge on any atom is 0.220 e. The highest BCUT2D eigenvalue weighted by Crippen LogP contribution is 2.12. The lowest BCUT2D eigenvalue weighted by Gasteiger charge is -2.06. The van der Waals surface area contributed by atoms with E-state index >= 15 is 0 Å². The smallest absolute Gasteiger partial charge is 0.220 e. The zero-order valence-corrected chi connectivity index (χ0v) is 14.1. The summed E-state index contributed by atoms with van der Waals surface area (Å²) in [7, 11) is 0. The van der Waals surface area contributed by atoms with E-state index in [4.69, 9.17) is 11.6 Å². The summed E-state index contributed by atoms with van der Waals surface area (Å²) in [4.78, 5) is 23.7. The molecule has 2 rings (SSSR count). The molecule has 0 atom stereocenters. The molecule has 0 spiro atoms. The molecule has 4 nitrogen and oxygen atoms in total. The molecule has 2 N–H and O–H groups in total. The van der Waals surface area contributed by atoms with Crippen LogP contribution in [-0.4, -0.2) is 23.3 Å². The molecule has 2 aromatic carbocycles. The largest absolute Gasteiger partial charge is 0.508 e. The van der Waals surface area contributed by atoms with Crippen LogP contribution in [0, 0.1) is 0 Å². The fourth-order valence-electron chi connectivity index (χ4n) is 2.28. The molecule has 0 saturated carbocycles. The van der Waals surface area contributed by atoms with E-state index in [9.17, 15) is 14.7 Å². The van der Waals surface area contributed by atoms with Crippen molar-refractivity contribution >= 4 is 23.3 Å². The fraction of sp³-hybridized carbons (Fsp3) is 0.263. The SMILES string of the molecule is O=C(CCC(=O)c1ccc(Cl)cc1)NCCCc1ccc(O)cc1. The summed E-state index contributed by atoms with van der Waals surface area (Å²) in [5.74, 6) is 0.0614. The Bertz CT molecular complexity index is 681. The van der Waals surface area contributed by atoms with Gasteiger partial charge in [0, 0.05) is 30.0 Å². The third-order valence-electron chi connectivity index (χ3n) is 3.65. The van der Waals surface area contributed by atoms with Crippen molar-refractivity contribution in [3.05, 3.63) is 64.7 Å². The molecule has 0 aliphatic rings. The summed E-state index contributed by atoms with van der Waals surface area (Å²) >= 11 is 5.78. The summed E-state index contributed by atoms with van der Waals surface area (Å²) in [6, 6.07) is 13.7. The van der Waals surface area contributed by atoms with Crippen LogP contribution < -0.4 is 5.32 Å². The molecule has 1 amide bonds. The van der Waals surface area contributed by atoms with Gasteiger partial charge in [-0.2, -0.15) is 0 Å². The molecule has 126 valence electrons. The number of Topliss-reactive ketones (excluding diaryl/α,β-unsaturated/α-hetero) is 1. The number of halogens is 1. The monoisotopic (exact) mass is 345 g/mol. The number of benzene rings is 2. The molecule has 0 aromatic heterocycles. The van der Waals surface area contributed by atoms with E-state index < -0.39 is 0 Å². The van der Waals surface area contributed by atoms with Crippen molar-refractivity contribution in [1.82, 2.24) is 5.32 Å². The van der Waals surface area contributed by atoms with Crippen molar-refractivity contribution in [2.75, 3.05) is 6.54 Å². The Morgan fingerprint density at radius 1 is 0.958 bits per heavy atom. The molecule has 0 saturated heterocycles. The number of rotatable bonds is 8. The first-order valence-electron chi connectivity index (χ1n) is 7.88. The van der Waals surface area contributed by atoms with Gasteiger partial charge in [0.2, 0.25) is 5.91 Å². The van der Waals surface area contributed by atoms with E-state index in [0.717, 1.165) is 18.4 Å². The number of nitrogens with one attached hydrogen (secondary N) is 1. The van der Waals surface area contributed by atoms with Gasteiger partial charge in [-0.1, -0.05) is 23.7 Å². The molecule has 2 aromatic rings. The zero-order chi connectivity index (χ0) is 17.4. The topological polar surface area (TPSA) is 66.4 Å². The number of hydrogen-bond donors (Lipinski definition) is 2. The molecular weight excluding hydrogens is 326 g/mol. The number of hydrogen-bond acceptors (Lipinski definition) is 3. The van der Waals surface area contributed by atoms with Crippen molar-refractivity contribution < 1.29 is 14.7 Å². The van der Waals surface area contributed by atoms with Crippen LogP contribution in [0.4, 0.5) is 0 Å². The van der Waals surface area contributed by atoms with Gasteiger partial charge in [-0.3, -0.25) is 9.59 Å². The lowest BCUT2D eigenvalue weighted by Crippen LogP contribution is -2.25. The van der Waals surface area contributed by atoms with Gasteiger partial charge in [-0.15, -0.1) is 0 Å². The highest BCUT2D eigenvalue weighted by atomic mass is 35.5. The van der Waals surface area contributed by atoms with Gasteiger partial charge in [-0.25, -0.2) is 0 Å². The van der Waals surface area contributed by atoms with E-state index in [0.29, 0.717) is 17.1 Å². The van der Waals surface area contributed by atoms with Crippen LogP contribution in [0.3, 0.4) is 0 Å². The van der Waals surface area contributed by atoms with Gasteiger partial charge in [-0.05, 0) is 54.8 Å². The number of phenolic OH excluding ortho intramolecular Hbond substituents is 1. The number of carbonyl (C=O) groups is 2. The number of carbonyl (C=O) groups excluding carboxylic acids is 2. The molecule has 0 bridgehead atoms. The van der Waals surface area contributed by atoms with Crippen LogP contribution in [0.1, 0.15) is 35.2 Å². The van der Waals surface area contributed by atoms with Gasteiger partial charge in [0.25, 0.3) is 0 Å². The number of amides is 1. The van der Waals surface area contributed by atoms with Crippen LogP contribution in [-0.2, 0) is 11.2 Å². The molecule has 0 unspecified atom stereocenters. The first-order chi connectivity index (χ1) is 11.5. The lowest BCUT2D eigenvalue weighted by molar-refractivity contribution is -0.121. The van der Waals surface area contributed by atoms with Crippen LogP contribution >= 0.6 is 11.6 Å². The molecule has 0 radical (unpaired) electrons. The van der Waals surface area contributed by atoms with E-state index in [1.807, 2.05) is 12.1 Å². The Hall–Kier alpha value is -2.33. The van der Waals surface area contributed by atoms with E-state index in [1.165, 1.54) is 0 Å². The average Bonchev–Trinajstić information content (AvgIpc) is 2.59. The Balaban J connectivity index is 1.63. The average molecular weight is 346 g/mol. The molecule has 0 fully saturated rings. The van der Waals surface area contributed by atoms with Gasteiger partial charge in [0.05, 0.1) is 0 Å². The van der Waals surface area contributed by atoms with Crippen molar-refractivity contribution in [2.24, 2.45) is 0 Å². The van der Waals surface area contributed by atoms with Crippen LogP contribution in [0.2, 0.25) is 5.02 Å². The minimum atomic E-state index is -0.122. The van der Waals surface area contributed by atoms with Gasteiger partial charge < -0.3 is 10.4 Å². The number of aromatic hydroxyl groups is 1. The normalized spacial score (nSPS) is 10.4. The Kier molecular flexibility index (Phi) is 6.82. The second-order valence-corrected chi connectivity index (χ2v) is 5.99. The fourth-order valence-corrected chi connectivity index (χ4v) is 2.40. The summed E-state index contributed by atoms with van der Waals surface area (Å²) in [6.45, 7) is 0.564. The van der Waals surface area contributed by atoms with Crippen LogP contribution in [0.15, 0.2) is 48.5 Å². The summed E-state index contributed by atoms with van der Waals surface area (Å²) < 4.78 is 0. The van der Waals surface area contributed by atoms with Crippen molar-refractivity contribution in [2.45, 2.75) is 25.7 Å². The van der Waals surface area contributed by atoms with E-state index in [-0.39, 0.29) is 30.3 Å². The highest BCUT2D eigenvalue weighted by Gasteiger charge is 2.09. The summed E-state index contributed by atoms with van der Waals surface area (Å²) in [5.41, 5.74) is 1.68. The van der Waals surface area contributed by atoms with Gasteiger partial charge in [0.1, 0.15) is 5.75 Å². The first-order valence-corrected chi connectivity index (χ1v) is 8.26. The predicted molar refractivity (Wildman–Crippen MR) is 94.5 cm³/mol. The maximum atomic E-state index is 12.0. The van der Waals surface area contributed by atoms with Crippen molar-refractivity contribution in [3.8, 4) is 5.75 Å². The summed E-state index contributed by atoms with van der Waals surface area (Å²) in [6.07, 6.45) is 2.00. The second-order valence-electron chi connectivity index (χ2n) is 5.55. The standard InChI is InChI=1S/C19H20ClNO3/c20-16-7-5-15(6-8-16)18(23)11-12-19(24)21-13-1-2-14-3-9-17(22)10-4-14/h3-10,22H,1-2,11-13H2,(H,21,24). The van der Waals surface area contributed by atoms with Gasteiger partial charge in [0.15, 0.2) is 5.78 Å². The summed E-state index contributed by atoms with van der Waals surface area (Å²) in [5, 5.41) is 12.6. The zero-order valence-electron chi connectivity index (χ0n) is 13.3.